The van der Waals surface area contributed by atoms with E-state index in [1.165, 1.54) is 0 Å². The highest BCUT2D eigenvalue weighted by atomic mass is 16.5. The lowest BCUT2D eigenvalue weighted by atomic mass is 9.56. The van der Waals surface area contributed by atoms with Crippen LogP contribution >= 0.6 is 0 Å². The smallest absolute Gasteiger partial charge is 0.0691 e. The molecule has 2 saturated heterocycles. The minimum Gasteiger partial charge on any atom is -0.381 e. The average Bonchev–Trinajstić information content (AvgIpc) is 2.17. The topological polar surface area (TPSA) is 42.2 Å². The van der Waals surface area contributed by atoms with Gasteiger partial charge in [-0.25, -0.2) is 0 Å². The van der Waals surface area contributed by atoms with E-state index in [1.807, 2.05) is 13.8 Å². The Morgan fingerprint density at radius 3 is 2.20 bits per heavy atom. The van der Waals surface area contributed by atoms with Crippen LogP contribution in [0.15, 0.2) is 0 Å². The number of ether oxygens (including phenoxy) is 2. The number of hydrogen-bond donors (Lipinski definition) is 0. The third-order valence-electron chi connectivity index (χ3n) is 4.25. The van der Waals surface area contributed by atoms with Gasteiger partial charge < -0.3 is 9.47 Å². The van der Waals surface area contributed by atoms with Gasteiger partial charge in [-0.15, -0.1) is 0 Å². The summed E-state index contributed by atoms with van der Waals surface area (Å²) in [5.74, 6) is 0.592. The zero-order valence-electron chi connectivity index (χ0n) is 9.58. The first-order valence-corrected chi connectivity index (χ1v) is 5.69. The van der Waals surface area contributed by atoms with E-state index in [0.29, 0.717) is 5.92 Å². The van der Waals surface area contributed by atoms with Crippen LogP contribution in [0.2, 0.25) is 0 Å². The molecular formula is C12H19NO2. The molecule has 0 atom stereocenters. The molecular weight excluding hydrogens is 190 g/mol. The second kappa shape index (κ2) is 3.77. The van der Waals surface area contributed by atoms with Crippen molar-refractivity contribution in [3.63, 3.8) is 0 Å². The summed E-state index contributed by atoms with van der Waals surface area (Å²) in [5, 5.41) is 9.29. The summed E-state index contributed by atoms with van der Waals surface area (Å²) in [4.78, 5) is 0. The molecule has 0 amide bonds. The number of hydrogen-bond acceptors (Lipinski definition) is 3. The summed E-state index contributed by atoms with van der Waals surface area (Å²) in [6, 6.07) is 2.46. The molecule has 2 aliphatic heterocycles. The molecule has 3 heteroatoms. The summed E-state index contributed by atoms with van der Waals surface area (Å²) in [5.41, 5.74) is -0.210. The molecule has 0 saturated carbocycles. The van der Waals surface area contributed by atoms with Crippen molar-refractivity contribution in [2.24, 2.45) is 16.7 Å². The maximum atomic E-state index is 9.29. The highest BCUT2D eigenvalue weighted by molar-refractivity contribution is 5.11. The molecule has 0 unspecified atom stereocenters. The van der Waals surface area contributed by atoms with Gasteiger partial charge in [0.05, 0.1) is 24.7 Å². The molecule has 0 bridgehead atoms. The van der Waals surface area contributed by atoms with Crippen molar-refractivity contribution in [1.82, 2.24) is 0 Å². The SMILES string of the molecule is CC(C)(C#N)C1(C2CCOCC2)COC1. The largest absolute Gasteiger partial charge is 0.381 e. The molecule has 0 radical (unpaired) electrons. The van der Waals surface area contributed by atoms with E-state index in [4.69, 9.17) is 9.47 Å². The predicted molar refractivity (Wildman–Crippen MR) is 56.2 cm³/mol. The first-order valence-electron chi connectivity index (χ1n) is 5.69. The highest BCUT2D eigenvalue weighted by Crippen LogP contribution is 2.53. The Balaban J connectivity index is 2.17. The fourth-order valence-electron chi connectivity index (χ4n) is 2.79. The molecule has 2 aliphatic rings. The Labute approximate surface area is 91.4 Å². The van der Waals surface area contributed by atoms with Crippen LogP contribution in [0.5, 0.6) is 0 Å². The molecule has 15 heavy (non-hydrogen) atoms. The van der Waals surface area contributed by atoms with Crippen LogP contribution in [0.25, 0.3) is 0 Å². The van der Waals surface area contributed by atoms with Crippen LogP contribution in [-0.2, 0) is 9.47 Å². The van der Waals surface area contributed by atoms with E-state index in [0.717, 1.165) is 39.3 Å². The van der Waals surface area contributed by atoms with Crippen LogP contribution in [0.1, 0.15) is 26.7 Å². The normalized spacial score (nSPS) is 26.7. The van der Waals surface area contributed by atoms with Gasteiger partial charge in [0, 0.05) is 18.6 Å². The van der Waals surface area contributed by atoms with Gasteiger partial charge in [-0.3, -0.25) is 0 Å². The Morgan fingerprint density at radius 1 is 1.20 bits per heavy atom. The van der Waals surface area contributed by atoms with Crippen molar-refractivity contribution in [3.05, 3.63) is 0 Å². The molecule has 0 aromatic carbocycles. The molecule has 3 nitrogen and oxygen atoms in total. The monoisotopic (exact) mass is 209 g/mol. The van der Waals surface area contributed by atoms with Crippen molar-refractivity contribution >= 4 is 0 Å². The average molecular weight is 209 g/mol. The molecule has 2 rings (SSSR count). The fraction of sp³-hybridized carbons (Fsp3) is 0.917. The highest BCUT2D eigenvalue weighted by Gasteiger charge is 2.56. The number of nitriles is 1. The molecule has 84 valence electrons. The molecule has 0 N–H and O–H groups in total. The van der Waals surface area contributed by atoms with Gasteiger partial charge in [-0.2, -0.15) is 5.26 Å². The standard InChI is InChI=1S/C12H19NO2/c1-11(2,7-13)12(8-15-9-12)10-3-5-14-6-4-10/h10H,3-6,8-9H2,1-2H3. The zero-order valence-corrected chi connectivity index (χ0v) is 9.58. The lowest BCUT2D eigenvalue weighted by molar-refractivity contribution is -0.204. The minimum absolute atomic E-state index is 0.0749. The maximum Gasteiger partial charge on any atom is 0.0691 e. The molecule has 0 aliphatic carbocycles. The van der Waals surface area contributed by atoms with Gasteiger partial charge in [-0.1, -0.05) is 0 Å². The molecule has 2 heterocycles. The van der Waals surface area contributed by atoms with Crippen molar-refractivity contribution in [2.45, 2.75) is 26.7 Å². The van der Waals surface area contributed by atoms with Crippen molar-refractivity contribution in [2.75, 3.05) is 26.4 Å². The molecule has 0 spiro atoms. The Hall–Kier alpha value is -0.590. The first-order chi connectivity index (χ1) is 7.12. The van der Waals surface area contributed by atoms with Gasteiger partial charge in [-0.05, 0) is 32.6 Å². The van der Waals surface area contributed by atoms with E-state index in [2.05, 4.69) is 6.07 Å². The Morgan fingerprint density at radius 2 is 1.80 bits per heavy atom. The Bertz CT molecular complexity index is 270. The van der Waals surface area contributed by atoms with Crippen molar-refractivity contribution < 1.29 is 9.47 Å². The maximum absolute atomic E-state index is 9.29. The second-order valence-electron chi connectivity index (χ2n) is 5.27. The zero-order chi connectivity index (χ0) is 10.9. The predicted octanol–water partition coefficient (Wildman–Crippen LogP) is 1.98. The van der Waals surface area contributed by atoms with E-state index >= 15 is 0 Å². The summed E-state index contributed by atoms with van der Waals surface area (Å²) in [7, 11) is 0. The molecule has 2 fully saturated rings. The molecule has 0 aromatic rings. The van der Waals surface area contributed by atoms with Crippen LogP contribution < -0.4 is 0 Å². The number of rotatable bonds is 2. The van der Waals surface area contributed by atoms with Crippen LogP contribution in [0.4, 0.5) is 0 Å². The fourth-order valence-corrected chi connectivity index (χ4v) is 2.79. The summed E-state index contributed by atoms with van der Waals surface area (Å²) in [6.07, 6.45) is 2.16. The second-order valence-corrected chi connectivity index (χ2v) is 5.27. The van der Waals surface area contributed by atoms with E-state index in [1.54, 1.807) is 0 Å². The minimum atomic E-state index is -0.284. The first kappa shape index (κ1) is 10.9. The van der Waals surface area contributed by atoms with Crippen molar-refractivity contribution in [1.29, 1.82) is 5.26 Å². The van der Waals surface area contributed by atoms with Gasteiger partial charge in [0.15, 0.2) is 0 Å². The van der Waals surface area contributed by atoms with E-state index in [-0.39, 0.29) is 10.8 Å². The summed E-state index contributed by atoms with van der Waals surface area (Å²) >= 11 is 0. The Kier molecular flexibility index (Phi) is 2.74. The quantitative estimate of drug-likeness (QED) is 0.698. The van der Waals surface area contributed by atoms with E-state index < -0.39 is 0 Å². The van der Waals surface area contributed by atoms with Crippen LogP contribution in [0.3, 0.4) is 0 Å². The lowest BCUT2D eigenvalue weighted by Crippen LogP contribution is -2.58. The van der Waals surface area contributed by atoms with E-state index in [9.17, 15) is 5.26 Å². The van der Waals surface area contributed by atoms with Crippen molar-refractivity contribution in [3.8, 4) is 6.07 Å². The number of nitrogens with zero attached hydrogens (tertiary/aromatic N) is 1. The van der Waals surface area contributed by atoms with Gasteiger partial charge in [0.1, 0.15) is 0 Å². The van der Waals surface area contributed by atoms with Gasteiger partial charge >= 0.3 is 0 Å². The summed E-state index contributed by atoms with van der Waals surface area (Å²) in [6.45, 7) is 7.27. The summed E-state index contributed by atoms with van der Waals surface area (Å²) < 4.78 is 10.8. The van der Waals surface area contributed by atoms with Crippen LogP contribution in [-0.4, -0.2) is 26.4 Å². The third kappa shape index (κ3) is 1.56. The van der Waals surface area contributed by atoms with Gasteiger partial charge in [0.2, 0.25) is 0 Å². The van der Waals surface area contributed by atoms with Crippen LogP contribution in [0, 0.1) is 28.1 Å². The third-order valence-corrected chi connectivity index (χ3v) is 4.25. The molecule has 0 aromatic heterocycles. The lowest BCUT2D eigenvalue weighted by Gasteiger charge is -2.54. The van der Waals surface area contributed by atoms with Gasteiger partial charge in [0.25, 0.3) is 0 Å².